The summed E-state index contributed by atoms with van der Waals surface area (Å²) >= 11 is 11.8. The second-order valence-electron chi connectivity index (χ2n) is 5.52. The SMILES string of the molecule is Cc1cccc(-c2nnc(C(C)OC(=O)c3cc(Cl)cc(Cl)c3)o2)c1. The van der Waals surface area contributed by atoms with Crippen LogP contribution in [0.1, 0.15) is 34.8 Å². The Kier molecular flexibility index (Phi) is 5.06. The van der Waals surface area contributed by atoms with Crippen LogP contribution in [-0.2, 0) is 4.74 Å². The first kappa shape index (κ1) is 17.5. The van der Waals surface area contributed by atoms with E-state index in [2.05, 4.69) is 10.2 Å². The Morgan fingerprint density at radius 2 is 1.84 bits per heavy atom. The molecule has 1 heterocycles. The van der Waals surface area contributed by atoms with Gasteiger partial charge in [-0.05, 0) is 44.2 Å². The molecule has 0 spiro atoms. The maximum atomic E-state index is 12.2. The van der Waals surface area contributed by atoms with E-state index in [9.17, 15) is 4.79 Å². The average Bonchev–Trinajstić information content (AvgIpc) is 3.04. The largest absolute Gasteiger partial charge is 0.449 e. The van der Waals surface area contributed by atoms with Crippen molar-refractivity contribution in [2.75, 3.05) is 0 Å². The molecule has 0 saturated heterocycles. The molecule has 0 fully saturated rings. The van der Waals surface area contributed by atoms with Gasteiger partial charge >= 0.3 is 5.97 Å². The van der Waals surface area contributed by atoms with Gasteiger partial charge in [0.1, 0.15) is 0 Å². The predicted octanol–water partition coefficient (Wildman–Crippen LogP) is 5.27. The smallest absolute Gasteiger partial charge is 0.339 e. The van der Waals surface area contributed by atoms with E-state index in [-0.39, 0.29) is 11.5 Å². The molecule has 5 nitrogen and oxygen atoms in total. The fraction of sp³-hybridized carbons (Fsp3) is 0.167. The fourth-order valence-corrected chi connectivity index (χ4v) is 2.77. The zero-order valence-corrected chi connectivity index (χ0v) is 15.0. The molecule has 1 aromatic heterocycles. The number of hydrogen-bond acceptors (Lipinski definition) is 5. The number of carbonyl (C=O) groups excluding carboxylic acids is 1. The number of aryl methyl sites for hydroxylation is 1. The first-order chi connectivity index (χ1) is 11.9. The summed E-state index contributed by atoms with van der Waals surface area (Å²) in [5.41, 5.74) is 2.14. The molecule has 128 valence electrons. The van der Waals surface area contributed by atoms with Crippen molar-refractivity contribution in [3.63, 3.8) is 0 Å². The number of hydrogen-bond donors (Lipinski definition) is 0. The Bertz CT molecular complexity index is 904. The number of nitrogens with zero attached hydrogens (tertiary/aromatic N) is 2. The molecule has 0 N–H and O–H groups in total. The minimum absolute atomic E-state index is 0.206. The molecule has 1 unspecified atom stereocenters. The molecule has 0 saturated carbocycles. The maximum absolute atomic E-state index is 12.2. The van der Waals surface area contributed by atoms with Gasteiger partial charge in [0.25, 0.3) is 5.89 Å². The van der Waals surface area contributed by atoms with Crippen LogP contribution < -0.4 is 0 Å². The van der Waals surface area contributed by atoms with Crippen LogP contribution in [0, 0.1) is 6.92 Å². The molecule has 3 rings (SSSR count). The lowest BCUT2D eigenvalue weighted by Crippen LogP contribution is -2.09. The fourth-order valence-electron chi connectivity index (χ4n) is 2.24. The molecule has 0 radical (unpaired) electrons. The van der Waals surface area contributed by atoms with Gasteiger partial charge in [0, 0.05) is 15.6 Å². The normalized spacial score (nSPS) is 12.0. The molecule has 1 atom stereocenters. The summed E-state index contributed by atoms with van der Waals surface area (Å²) < 4.78 is 11.0. The highest BCUT2D eigenvalue weighted by Gasteiger charge is 2.20. The van der Waals surface area contributed by atoms with Crippen molar-refractivity contribution < 1.29 is 13.9 Å². The Labute approximate surface area is 154 Å². The Balaban J connectivity index is 1.75. The lowest BCUT2D eigenvalue weighted by molar-refractivity contribution is 0.0280. The van der Waals surface area contributed by atoms with Crippen molar-refractivity contribution in [3.05, 3.63) is 69.5 Å². The first-order valence-corrected chi connectivity index (χ1v) is 8.25. The molecule has 25 heavy (non-hydrogen) atoms. The van der Waals surface area contributed by atoms with Crippen LogP contribution in [0.25, 0.3) is 11.5 Å². The van der Waals surface area contributed by atoms with E-state index in [1.807, 2.05) is 31.2 Å². The Hall–Kier alpha value is -2.37. The third kappa shape index (κ3) is 4.18. The van der Waals surface area contributed by atoms with Crippen LogP contribution in [0.4, 0.5) is 0 Å². The highest BCUT2D eigenvalue weighted by molar-refractivity contribution is 6.35. The van der Waals surface area contributed by atoms with Crippen LogP contribution in [0.15, 0.2) is 46.9 Å². The lowest BCUT2D eigenvalue weighted by Gasteiger charge is -2.09. The number of benzene rings is 2. The third-order valence-corrected chi connectivity index (χ3v) is 3.87. The zero-order chi connectivity index (χ0) is 18.0. The second kappa shape index (κ2) is 7.25. The van der Waals surface area contributed by atoms with Crippen molar-refractivity contribution in [2.24, 2.45) is 0 Å². The van der Waals surface area contributed by atoms with Crippen LogP contribution >= 0.6 is 23.2 Å². The number of ether oxygens (including phenoxy) is 1. The van der Waals surface area contributed by atoms with Crippen molar-refractivity contribution in [1.82, 2.24) is 10.2 Å². The van der Waals surface area contributed by atoms with Gasteiger partial charge in [-0.3, -0.25) is 0 Å². The van der Waals surface area contributed by atoms with E-state index in [0.29, 0.717) is 15.9 Å². The molecule has 7 heteroatoms. The highest BCUT2D eigenvalue weighted by atomic mass is 35.5. The number of esters is 1. The summed E-state index contributed by atoms with van der Waals surface area (Å²) in [6, 6.07) is 12.2. The summed E-state index contributed by atoms with van der Waals surface area (Å²) in [4.78, 5) is 12.2. The number of rotatable bonds is 4. The minimum atomic E-state index is -0.712. The number of aromatic nitrogens is 2. The van der Waals surface area contributed by atoms with Crippen molar-refractivity contribution in [3.8, 4) is 11.5 Å². The van der Waals surface area contributed by atoms with E-state index >= 15 is 0 Å². The molecule has 2 aromatic carbocycles. The molecule has 0 amide bonds. The van der Waals surface area contributed by atoms with Gasteiger partial charge in [-0.1, -0.05) is 40.9 Å². The maximum Gasteiger partial charge on any atom is 0.339 e. The van der Waals surface area contributed by atoms with Crippen LogP contribution in [0.2, 0.25) is 10.0 Å². The standard InChI is InChI=1S/C18H14Cl2N2O3/c1-10-4-3-5-12(6-10)17-22-21-16(25-17)11(2)24-18(23)13-7-14(19)9-15(20)8-13/h3-9,11H,1-2H3. The van der Waals surface area contributed by atoms with Gasteiger partial charge in [-0.25, -0.2) is 4.79 Å². The van der Waals surface area contributed by atoms with E-state index in [0.717, 1.165) is 11.1 Å². The van der Waals surface area contributed by atoms with E-state index in [1.54, 1.807) is 6.92 Å². The van der Waals surface area contributed by atoms with Gasteiger partial charge in [0.2, 0.25) is 5.89 Å². The summed E-state index contributed by atoms with van der Waals surface area (Å²) in [7, 11) is 0. The molecule has 3 aromatic rings. The monoisotopic (exact) mass is 376 g/mol. The Morgan fingerprint density at radius 3 is 2.52 bits per heavy atom. The van der Waals surface area contributed by atoms with Crippen molar-refractivity contribution >= 4 is 29.2 Å². The molecular formula is C18H14Cl2N2O3. The third-order valence-electron chi connectivity index (χ3n) is 3.44. The molecule has 0 aliphatic rings. The number of carbonyl (C=O) groups is 1. The Morgan fingerprint density at radius 1 is 1.12 bits per heavy atom. The summed E-state index contributed by atoms with van der Waals surface area (Å²) in [5, 5.41) is 8.67. The van der Waals surface area contributed by atoms with Gasteiger partial charge in [0.15, 0.2) is 6.10 Å². The van der Waals surface area contributed by atoms with Gasteiger partial charge < -0.3 is 9.15 Å². The van der Waals surface area contributed by atoms with Crippen LogP contribution in [0.3, 0.4) is 0 Å². The summed E-state index contributed by atoms with van der Waals surface area (Å²) in [6.45, 7) is 3.62. The van der Waals surface area contributed by atoms with Crippen LogP contribution in [0.5, 0.6) is 0 Å². The van der Waals surface area contributed by atoms with Crippen molar-refractivity contribution in [2.45, 2.75) is 20.0 Å². The van der Waals surface area contributed by atoms with E-state index in [1.165, 1.54) is 18.2 Å². The lowest BCUT2D eigenvalue weighted by atomic mass is 10.1. The topological polar surface area (TPSA) is 65.2 Å². The number of halogens is 2. The van der Waals surface area contributed by atoms with E-state index in [4.69, 9.17) is 32.4 Å². The van der Waals surface area contributed by atoms with Crippen LogP contribution in [-0.4, -0.2) is 16.2 Å². The van der Waals surface area contributed by atoms with Crippen molar-refractivity contribution in [1.29, 1.82) is 0 Å². The molecule has 0 aliphatic heterocycles. The molecular weight excluding hydrogens is 363 g/mol. The minimum Gasteiger partial charge on any atom is -0.449 e. The van der Waals surface area contributed by atoms with Gasteiger partial charge in [-0.15, -0.1) is 10.2 Å². The van der Waals surface area contributed by atoms with Gasteiger partial charge in [0.05, 0.1) is 5.56 Å². The summed E-state index contributed by atoms with van der Waals surface area (Å²) in [5.74, 6) is -0.00224. The van der Waals surface area contributed by atoms with E-state index < -0.39 is 12.1 Å². The molecule has 0 bridgehead atoms. The van der Waals surface area contributed by atoms with Gasteiger partial charge in [-0.2, -0.15) is 0 Å². The average molecular weight is 377 g/mol. The summed E-state index contributed by atoms with van der Waals surface area (Å²) in [6.07, 6.45) is -0.712. The highest BCUT2D eigenvalue weighted by Crippen LogP contribution is 2.25. The first-order valence-electron chi connectivity index (χ1n) is 7.50. The predicted molar refractivity (Wildman–Crippen MR) is 94.8 cm³/mol. The second-order valence-corrected chi connectivity index (χ2v) is 6.39. The zero-order valence-electron chi connectivity index (χ0n) is 13.5. The molecule has 0 aliphatic carbocycles. The quantitative estimate of drug-likeness (QED) is 0.580.